The highest BCUT2D eigenvalue weighted by Crippen LogP contribution is 2.20. The number of hydrogen-bond donors (Lipinski definition) is 1. The Kier molecular flexibility index (Phi) is 5.03. The number of aromatic amines is 1. The first kappa shape index (κ1) is 14.9. The zero-order valence-electron chi connectivity index (χ0n) is 11.1. The Morgan fingerprint density at radius 1 is 1.45 bits per heavy atom. The fraction of sp³-hybridized carbons (Fsp3) is 0.308. The molecule has 0 saturated carbocycles. The van der Waals surface area contributed by atoms with Crippen LogP contribution in [0.2, 0.25) is 5.02 Å². The fourth-order valence-corrected chi connectivity index (χ4v) is 2.19. The molecular weight excluding hydrogens is 298 g/mol. The van der Waals surface area contributed by atoms with Crippen LogP contribution in [-0.2, 0) is 11.4 Å². The zero-order valence-corrected chi connectivity index (χ0v) is 12.7. The van der Waals surface area contributed by atoms with Crippen molar-refractivity contribution in [3.63, 3.8) is 0 Å². The Morgan fingerprint density at radius 3 is 2.80 bits per heavy atom. The molecule has 0 bridgehead atoms. The second-order valence-electron chi connectivity index (χ2n) is 4.18. The number of carbonyl (C=O) groups is 1. The molecule has 1 atom stereocenters. The average molecular weight is 312 g/mol. The van der Waals surface area contributed by atoms with Crippen molar-refractivity contribution in [1.29, 1.82) is 0 Å². The van der Waals surface area contributed by atoms with Crippen molar-refractivity contribution in [2.75, 3.05) is 0 Å². The molecule has 0 aliphatic heterocycles. The van der Waals surface area contributed by atoms with Gasteiger partial charge in [0.25, 0.3) is 0 Å². The predicted octanol–water partition coefficient (Wildman–Crippen LogP) is 3.11. The molecule has 0 saturated heterocycles. The number of Topliss-reactive ketones (excluding diaryl/α,β-unsaturated/α-hetero) is 1. The number of benzene rings is 1. The van der Waals surface area contributed by atoms with Gasteiger partial charge >= 0.3 is 0 Å². The molecule has 1 unspecified atom stereocenters. The van der Waals surface area contributed by atoms with Crippen LogP contribution in [0.25, 0.3) is 0 Å². The minimum Gasteiger partial charge on any atom is -0.486 e. The molecule has 2 aromatic rings. The highest BCUT2D eigenvalue weighted by molar-refractivity contribution is 8.00. The van der Waals surface area contributed by atoms with E-state index in [1.807, 2.05) is 6.92 Å². The van der Waals surface area contributed by atoms with Crippen LogP contribution in [-0.4, -0.2) is 26.2 Å². The second-order valence-corrected chi connectivity index (χ2v) is 5.92. The summed E-state index contributed by atoms with van der Waals surface area (Å²) in [4.78, 5) is 15.4. The summed E-state index contributed by atoms with van der Waals surface area (Å²) < 4.78 is 5.54. The summed E-state index contributed by atoms with van der Waals surface area (Å²) in [5.41, 5.74) is 0. The number of thioether (sulfide) groups is 1. The lowest BCUT2D eigenvalue weighted by atomic mass is 10.3. The van der Waals surface area contributed by atoms with E-state index in [-0.39, 0.29) is 17.6 Å². The van der Waals surface area contributed by atoms with Gasteiger partial charge in [0.1, 0.15) is 18.1 Å². The quantitative estimate of drug-likeness (QED) is 0.830. The third kappa shape index (κ3) is 4.25. The maximum atomic E-state index is 11.2. The molecule has 7 heteroatoms. The lowest BCUT2D eigenvalue weighted by molar-refractivity contribution is -0.116. The SMILES string of the molecule is CC(=O)C(C)Sc1n[nH]c(COc2ccc(Cl)cc2)n1. The van der Waals surface area contributed by atoms with Crippen molar-refractivity contribution in [2.24, 2.45) is 0 Å². The van der Waals surface area contributed by atoms with Gasteiger partial charge in [0.2, 0.25) is 5.16 Å². The van der Waals surface area contributed by atoms with E-state index in [9.17, 15) is 4.79 Å². The molecule has 0 aliphatic rings. The number of aromatic nitrogens is 3. The molecule has 0 spiro atoms. The highest BCUT2D eigenvalue weighted by Gasteiger charge is 2.13. The molecule has 2 rings (SSSR count). The number of nitrogens with zero attached hydrogens (tertiary/aromatic N) is 2. The van der Waals surface area contributed by atoms with Gasteiger partial charge in [0.05, 0.1) is 5.25 Å². The second kappa shape index (κ2) is 6.76. The molecule has 106 valence electrons. The van der Waals surface area contributed by atoms with Crippen molar-refractivity contribution >= 4 is 29.1 Å². The van der Waals surface area contributed by atoms with Gasteiger partial charge in [-0.25, -0.2) is 4.98 Å². The lowest BCUT2D eigenvalue weighted by Gasteiger charge is -2.03. The number of nitrogens with one attached hydrogen (secondary N) is 1. The van der Waals surface area contributed by atoms with Gasteiger partial charge in [-0.3, -0.25) is 9.89 Å². The van der Waals surface area contributed by atoms with E-state index in [1.165, 1.54) is 11.8 Å². The number of halogens is 1. The summed E-state index contributed by atoms with van der Waals surface area (Å²) >= 11 is 7.11. The molecule has 0 aliphatic carbocycles. The smallest absolute Gasteiger partial charge is 0.209 e. The van der Waals surface area contributed by atoms with Crippen LogP contribution in [0.15, 0.2) is 29.4 Å². The summed E-state index contributed by atoms with van der Waals surface area (Å²) in [5.74, 6) is 1.41. The first-order chi connectivity index (χ1) is 9.54. The van der Waals surface area contributed by atoms with E-state index in [0.717, 1.165) is 0 Å². The molecule has 0 radical (unpaired) electrons. The van der Waals surface area contributed by atoms with E-state index in [2.05, 4.69) is 15.2 Å². The number of rotatable bonds is 6. The van der Waals surface area contributed by atoms with Crippen molar-refractivity contribution in [1.82, 2.24) is 15.2 Å². The molecule has 1 aromatic heterocycles. The van der Waals surface area contributed by atoms with Gasteiger partial charge in [-0.15, -0.1) is 5.10 Å². The monoisotopic (exact) mass is 311 g/mol. The Labute approximate surface area is 126 Å². The third-order valence-corrected chi connectivity index (χ3v) is 3.89. The summed E-state index contributed by atoms with van der Waals surface area (Å²) in [6, 6.07) is 7.08. The van der Waals surface area contributed by atoms with Crippen LogP contribution in [0.4, 0.5) is 0 Å². The zero-order chi connectivity index (χ0) is 14.5. The first-order valence-electron chi connectivity index (χ1n) is 6.01. The molecular formula is C13H14ClN3O2S. The van der Waals surface area contributed by atoms with Crippen LogP contribution in [0.3, 0.4) is 0 Å². The summed E-state index contributed by atoms with van der Waals surface area (Å²) in [6.45, 7) is 3.66. The van der Waals surface area contributed by atoms with Crippen molar-refractivity contribution < 1.29 is 9.53 Å². The van der Waals surface area contributed by atoms with E-state index in [1.54, 1.807) is 31.2 Å². The minimum absolute atomic E-state index is 0.0961. The largest absolute Gasteiger partial charge is 0.486 e. The van der Waals surface area contributed by atoms with Crippen LogP contribution in [0.5, 0.6) is 5.75 Å². The summed E-state index contributed by atoms with van der Waals surface area (Å²) in [6.07, 6.45) is 0. The average Bonchev–Trinajstić information content (AvgIpc) is 2.85. The summed E-state index contributed by atoms with van der Waals surface area (Å²) in [5, 5.41) is 7.87. The standard InChI is InChI=1S/C13H14ClN3O2S/c1-8(18)9(2)20-13-15-12(16-17-13)7-19-11-5-3-10(14)4-6-11/h3-6,9H,7H2,1-2H3,(H,15,16,17). The number of carbonyl (C=O) groups excluding carboxylic acids is 1. The Balaban J connectivity index is 1.89. The van der Waals surface area contributed by atoms with Gasteiger partial charge in [0.15, 0.2) is 5.82 Å². The Hall–Kier alpha value is -1.53. The van der Waals surface area contributed by atoms with Crippen LogP contribution < -0.4 is 4.74 Å². The normalized spacial score (nSPS) is 12.2. The predicted molar refractivity (Wildman–Crippen MR) is 78.2 cm³/mol. The molecule has 1 heterocycles. The van der Waals surface area contributed by atoms with E-state index < -0.39 is 0 Å². The topological polar surface area (TPSA) is 67.9 Å². The number of ketones is 1. The first-order valence-corrected chi connectivity index (χ1v) is 7.27. The number of H-pyrrole nitrogens is 1. The number of hydrogen-bond acceptors (Lipinski definition) is 5. The van der Waals surface area contributed by atoms with Gasteiger partial charge < -0.3 is 4.74 Å². The van der Waals surface area contributed by atoms with Gasteiger partial charge in [-0.05, 0) is 38.1 Å². The maximum Gasteiger partial charge on any atom is 0.209 e. The minimum atomic E-state index is -0.157. The highest BCUT2D eigenvalue weighted by atomic mass is 35.5. The van der Waals surface area contributed by atoms with Gasteiger partial charge in [0, 0.05) is 5.02 Å². The van der Waals surface area contributed by atoms with Crippen molar-refractivity contribution in [2.45, 2.75) is 30.9 Å². The summed E-state index contributed by atoms with van der Waals surface area (Å²) in [7, 11) is 0. The Morgan fingerprint density at radius 2 is 2.15 bits per heavy atom. The molecule has 5 nitrogen and oxygen atoms in total. The maximum absolute atomic E-state index is 11.2. The third-order valence-electron chi connectivity index (χ3n) is 2.56. The van der Waals surface area contributed by atoms with Crippen LogP contribution in [0.1, 0.15) is 19.7 Å². The molecule has 0 amide bonds. The van der Waals surface area contributed by atoms with Crippen molar-refractivity contribution in [3.05, 3.63) is 35.1 Å². The van der Waals surface area contributed by atoms with Gasteiger partial charge in [-0.1, -0.05) is 23.4 Å². The van der Waals surface area contributed by atoms with E-state index >= 15 is 0 Å². The van der Waals surface area contributed by atoms with E-state index in [4.69, 9.17) is 16.3 Å². The van der Waals surface area contributed by atoms with E-state index in [0.29, 0.717) is 21.8 Å². The van der Waals surface area contributed by atoms with Crippen LogP contribution >= 0.6 is 23.4 Å². The molecule has 0 fully saturated rings. The molecule has 1 aromatic carbocycles. The Bertz CT molecular complexity index is 586. The number of ether oxygens (including phenoxy) is 1. The van der Waals surface area contributed by atoms with Crippen LogP contribution in [0, 0.1) is 0 Å². The van der Waals surface area contributed by atoms with Gasteiger partial charge in [-0.2, -0.15) is 0 Å². The molecule has 20 heavy (non-hydrogen) atoms. The lowest BCUT2D eigenvalue weighted by Crippen LogP contribution is -2.08. The van der Waals surface area contributed by atoms with Crippen molar-refractivity contribution in [3.8, 4) is 5.75 Å². The fourth-order valence-electron chi connectivity index (χ4n) is 1.32. The molecule has 1 N–H and O–H groups in total.